The highest BCUT2D eigenvalue weighted by Gasteiger charge is 2.02. The molecule has 4 aromatic rings. The third-order valence-corrected chi connectivity index (χ3v) is 3.36. The van der Waals surface area contributed by atoms with Crippen molar-refractivity contribution in [2.45, 2.75) is 0 Å². The van der Waals surface area contributed by atoms with Gasteiger partial charge in [-0.1, -0.05) is 12.1 Å². The Balaban J connectivity index is 1.78. The van der Waals surface area contributed by atoms with Gasteiger partial charge in [-0.15, -0.1) is 10.2 Å². The Bertz CT molecular complexity index is 838. The number of hydrogen-bond acceptors (Lipinski definition) is 2. The molecule has 0 unspecified atom stereocenters. The summed E-state index contributed by atoms with van der Waals surface area (Å²) in [6.45, 7) is 0. The minimum Gasteiger partial charge on any atom is -0.322 e. The van der Waals surface area contributed by atoms with Crippen LogP contribution in [-0.4, -0.2) is 8.80 Å². The molecule has 0 radical (unpaired) electrons. The van der Waals surface area contributed by atoms with Gasteiger partial charge in [0.25, 0.3) is 0 Å². The van der Waals surface area contributed by atoms with E-state index in [9.17, 15) is 0 Å². The Morgan fingerprint density at radius 2 is 1.05 bits per heavy atom. The molecule has 0 saturated carbocycles. The van der Waals surface area contributed by atoms with Gasteiger partial charge in [-0.3, -0.25) is 0 Å². The van der Waals surface area contributed by atoms with Gasteiger partial charge in [-0.05, 0) is 36.4 Å². The van der Waals surface area contributed by atoms with E-state index < -0.39 is 0 Å². The molecule has 0 aliphatic rings. The van der Waals surface area contributed by atoms with Crippen LogP contribution in [0.25, 0.3) is 11.0 Å². The summed E-state index contributed by atoms with van der Waals surface area (Å²) in [6, 6.07) is 16.0. The summed E-state index contributed by atoms with van der Waals surface area (Å²) < 4.78 is 4.07. The molecule has 0 atom stereocenters. The summed E-state index contributed by atoms with van der Waals surface area (Å²) >= 11 is 0. The summed E-state index contributed by atoms with van der Waals surface area (Å²) in [6.07, 6.45) is 7.98. The Morgan fingerprint density at radius 1 is 0.550 bits per heavy atom. The van der Waals surface area contributed by atoms with Crippen molar-refractivity contribution >= 4 is 22.4 Å². The second kappa shape index (κ2) is 4.35. The van der Waals surface area contributed by atoms with Gasteiger partial charge in [-0.2, -0.15) is 0 Å². The predicted octanol–water partition coefficient (Wildman–Crippen LogP) is 4.61. The molecule has 96 valence electrons. The summed E-state index contributed by atoms with van der Waals surface area (Å²) in [5.41, 5.74) is 3.86. The molecule has 4 heterocycles. The van der Waals surface area contributed by atoms with Crippen molar-refractivity contribution in [2.24, 2.45) is 10.2 Å². The van der Waals surface area contributed by atoms with Gasteiger partial charge in [-0.25, -0.2) is 0 Å². The molecule has 0 aliphatic heterocycles. The van der Waals surface area contributed by atoms with Crippen molar-refractivity contribution in [3.8, 4) is 0 Å². The zero-order valence-corrected chi connectivity index (χ0v) is 10.7. The molecule has 4 nitrogen and oxygen atoms in total. The zero-order chi connectivity index (χ0) is 13.4. The lowest BCUT2D eigenvalue weighted by molar-refractivity contribution is 1.19. The van der Waals surface area contributed by atoms with Gasteiger partial charge >= 0.3 is 0 Å². The Morgan fingerprint density at radius 3 is 1.55 bits per heavy atom. The van der Waals surface area contributed by atoms with E-state index in [-0.39, 0.29) is 0 Å². The second-order valence-corrected chi connectivity index (χ2v) is 4.59. The highest BCUT2D eigenvalue weighted by atomic mass is 15.1. The van der Waals surface area contributed by atoms with Crippen LogP contribution < -0.4 is 0 Å². The first-order valence-electron chi connectivity index (χ1n) is 6.45. The van der Waals surface area contributed by atoms with E-state index in [0.717, 1.165) is 22.4 Å². The largest absolute Gasteiger partial charge is 0.322 e. The fraction of sp³-hybridized carbons (Fsp3) is 0. The fourth-order valence-corrected chi connectivity index (χ4v) is 2.36. The lowest BCUT2D eigenvalue weighted by Crippen LogP contribution is -1.77. The average molecular weight is 260 g/mol. The molecule has 0 bridgehead atoms. The molecule has 0 aliphatic carbocycles. The SMILES string of the molecule is c1ccn2ccc(N=Nc3ccn4ccccc34)c2c1. The first-order valence-corrected chi connectivity index (χ1v) is 6.45. The maximum absolute atomic E-state index is 4.38. The zero-order valence-electron chi connectivity index (χ0n) is 10.7. The molecule has 0 N–H and O–H groups in total. The molecule has 20 heavy (non-hydrogen) atoms. The Kier molecular flexibility index (Phi) is 2.39. The van der Waals surface area contributed by atoms with E-state index in [1.165, 1.54) is 0 Å². The first-order chi connectivity index (χ1) is 9.92. The minimum atomic E-state index is 0.876. The van der Waals surface area contributed by atoms with Crippen LogP contribution in [0.3, 0.4) is 0 Å². The highest BCUT2D eigenvalue weighted by Crippen LogP contribution is 2.27. The van der Waals surface area contributed by atoms with E-state index in [0.29, 0.717) is 0 Å². The van der Waals surface area contributed by atoms with Crippen molar-refractivity contribution < 1.29 is 0 Å². The van der Waals surface area contributed by atoms with Crippen LogP contribution in [0.15, 0.2) is 83.5 Å². The van der Waals surface area contributed by atoms with E-state index in [1.54, 1.807) is 0 Å². The number of azo groups is 1. The molecule has 4 heteroatoms. The molecule has 0 aromatic carbocycles. The van der Waals surface area contributed by atoms with Gasteiger partial charge in [0.2, 0.25) is 0 Å². The quantitative estimate of drug-likeness (QED) is 0.472. The third kappa shape index (κ3) is 1.70. The molecule has 0 fully saturated rings. The van der Waals surface area contributed by atoms with Crippen molar-refractivity contribution in [2.75, 3.05) is 0 Å². The Labute approximate surface area is 115 Å². The van der Waals surface area contributed by atoms with E-state index in [4.69, 9.17) is 0 Å². The molecule has 0 saturated heterocycles. The number of fused-ring (bicyclic) bond motifs is 2. The molecule has 0 spiro atoms. The van der Waals surface area contributed by atoms with Crippen molar-refractivity contribution in [1.29, 1.82) is 0 Å². The van der Waals surface area contributed by atoms with Crippen molar-refractivity contribution in [1.82, 2.24) is 8.80 Å². The lowest BCUT2D eigenvalue weighted by Gasteiger charge is -1.94. The van der Waals surface area contributed by atoms with E-state index in [2.05, 4.69) is 10.2 Å². The van der Waals surface area contributed by atoms with Gasteiger partial charge < -0.3 is 8.80 Å². The summed E-state index contributed by atoms with van der Waals surface area (Å²) in [7, 11) is 0. The van der Waals surface area contributed by atoms with Gasteiger partial charge in [0.15, 0.2) is 0 Å². The normalized spacial score (nSPS) is 11.8. The average Bonchev–Trinajstić information content (AvgIpc) is 3.09. The Hall–Kier alpha value is -2.88. The summed E-state index contributed by atoms with van der Waals surface area (Å²) in [5, 5.41) is 8.76. The number of pyridine rings is 2. The molecule has 4 rings (SSSR count). The number of aromatic nitrogens is 2. The summed E-state index contributed by atoms with van der Waals surface area (Å²) in [4.78, 5) is 0. The van der Waals surface area contributed by atoms with Gasteiger partial charge in [0.05, 0.1) is 11.0 Å². The maximum Gasteiger partial charge on any atom is 0.111 e. The van der Waals surface area contributed by atoms with Crippen LogP contribution in [-0.2, 0) is 0 Å². The number of nitrogens with zero attached hydrogens (tertiary/aromatic N) is 4. The van der Waals surface area contributed by atoms with Crippen LogP contribution in [0.4, 0.5) is 11.4 Å². The number of rotatable bonds is 2. The molecular weight excluding hydrogens is 248 g/mol. The number of hydrogen-bond donors (Lipinski definition) is 0. The first kappa shape index (κ1) is 11.0. The van der Waals surface area contributed by atoms with Crippen LogP contribution >= 0.6 is 0 Å². The fourth-order valence-electron chi connectivity index (χ4n) is 2.36. The minimum absolute atomic E-state index is 0.876. The molecule has 0 amide bonds. The van der Waals surface area contributed by atoms with E-state index in [1.807, 2.05) is 82.1 Å². The standard InChI is InChI=1S/C16H12N4/c1-3-9-19-11-7-13(15(19)5-1)17-18-14-8-12-20-10-4-2-6-16(14)20/h1-12H. The monoisotopic (exact) mass is 260 g/mol. The maximum atomic E-state index is 4.38. The highest BCUT2D eigenvalue weighted by molar-refractivity contribution is 5.71. The third-order valence-electron chi connectivity index (χ3n) is 3.36. The summed E-state index contributed by atoms with van der Waals surface area (Å²) in [5.74, 6) is 0. The van der Waals surface area contributed by atoms with Crippen molar-refractivity contribution in [3.63, 3.8) is 0 Å². The van der Waals surface area contributed by atoms with Gasteiger partial charge in [0, 0.05) is 24.8 Å². The van der Waals surface area contributed by atoms with Gasteiger partial charge in [0.1, 0.15) is 11.4 Å². The lowest BCUT2D eigenvalue weighted by atomic mass is 10.4. The predicted molar refractivity (Wildman–Crippen MR) is 79.0 cm³/mol. The molecule has 4 aromatic heterocycles. The van der Waals surface area contributed by atoms with Crippen LogP contribution in [0, 0.1) is 0 Å². The second-order valence-electron chi connectivity index (χ2n) is 4.59. The van der Waals surface area contributed by atoms with Crippen LogP contribution in [0.5, 0.6) is 0 Å². The topological polar surface area (TPSA) is 33.5 Å². The van der Waals surface area contributed by atoms with Crippen LogP contribution in [0.1, 0.15) is 0 Å². The van der Waals surface area contributed by atoms with E-state index >= 15 is 0 Å². The van der Waals surface area contributed by atoms with Crippen molar-refractivity contribution in [3.05, 3.63) is 73.3 Å². The smallest absolute Gasteiger partial charge is 0.111 e. The van der Waals surface area contributed by atoms with Crippen LogP contribution in [0.2, 0.25) is 0 Å². The molecular formula is C16H12N4.